The normalized spacial score (nSPS) is 17.2. The number of cyclic esters (lactones) is 1. The summed E-state index contributed by atoms with van der Waals surface area (Å²) >= 11 is 3.30. The summed E-state index contributed by atoms with van der Waals surface area (Å²) in [5.74, 6) is -2.21. The molecule has 0 saturated carbocycles. The Morgan fingerprint density at radius 1 is 1.24 bits per heavy atom. The second kappa shape index (κ2) is 11.2. The fourth-order valence-corrected chi connectivity index (χ4v) is 4.68. The first-order valence-electron chi connectivity index (χ1n) is 10.9. The minimum absolute atomic E-state index is 0.192. The summed E-state index contributed by atoms with van der Waals surface area (Å²) in [4.78, 5) is 26.7. The van der Waals surface area contributed by atoms with Gasteiger partial charge in [-0.15, -0.1) is 0 Å². The highest BCUT2D eigenvalue weighted by Crippen LogP contribution is 2.35. The summed E-state index contributed by atoms with van der Waals surface area (Å²) in [6, 6.07) is 13.9. The van der Waals surface area contributed by atoms with Gasteiger partial charge in [0.25, 0.3) is 0 Å². The second-order valence-electron chi connectivity index (χ2n) is 8.24. The zero-order valence-corrected chi connectivity index (χ0v) is 20.6. The summed E-state index contributed by atoms with van der Waals surface area (Å²) in [6.07, 6.45) is 1.43. The molecule has 6 nitrogen and oxygen atoms in total. The number of hydrogen-bond acceptors (Lipinski definition) is 5. The van der Waals surface area contributed by atoms with E-state index < -0.39 is 23.6 Å². The molecule has 178 valence electrons. The van der Waals surface area contributed by atoms with E-state index in [4.69, 9.17) is 14.2 Å². The average Bonchev–Trinajstić information content (AvgIpc) is 3.16. The van der Waals surface area contributed by atoms with Gasteiger partial charge in [-0.3, -0.25) is 4.79 Å². The Morgan fingerprint density at radius 2 is 1.94 bits per heavy atom. The summed E-state index contributed by atoms with van der Waals surface area (Å²) < 4.78 is 31.0. The minimum Gasteiger partial charge on any atom is -0.447 e. The zero-order valence-electron chi connectivity index (χ0n) is 19.1. The van der Waals surface area contributed by atoms with Gasteiger partial charge in [0.15, 0.2) is 5.79 Å². The average molecular weight is 522 g/mol. The van der Waals surface area contributed by atoms with Crippen LogP contribution in [0.4, 0.5) is 9.18 Å². The van der Waals surface area contributed by atoms with Crippen molar-refractivity contribution in [3.63, 3.8) is 0 Å². The molecule has 0 N–H and O–H groups in total. The van der Waals surface area contributed by atoms with Gasteiger partial charge < -0.3 is 14.2 Å². The molecule has 33 heavy (non-hydrogen) atoms. The number of methoxy groups -OCH3 is 2. The number of carbonyl (C=O) groups is 2. The smallest absolute Gasteiger partial charge is 0.416 e. The lowest BCUT2D eigenvalue weighted by Crippen LogP contribution is -2.43. The van der Waals surface area contributed by atoms with Crippen LogP contribution in [0.1, 0.15) is 37.3 Å². The summed E-state index contributed by atoms with van der Waals surface area (Å²) in [6.45, 7) is 1.99. The molecular weight excluding hydrogens is 493 g/mol. The molecule has 2 aromatic rings. The Balaban J connectivity index is 1.64. The molecule has 2 aromatic carbocycles. The number of amides is 2. The maximum Gasteiger partial charge on any atom is 0.416 e. The Hall–Kier alpha value is -2.29. The van der Waals surface area contributed by atoms with Crippen molar-refractivity contribution >= 4 is 27.9 Å². The van der Waals surface area contributed by atoms with Crippen LogP contribution in [0, 0.1) is 11.7 Å². The van der Waals surface area contributed by atoms with Crippen molar-refractivity contribution in [1.29, 1.82) is 0 Å². The van der Waals surface area contributed by atoms with E-state index in [0.29, 0.717) is 35.7 Å². The van der Waals surface area contributed by atoms with Gasteiger partial charge in [-0.2, -0.15) is 0 Å². The molecule has 0 aromatic heterocycles. The molecular formula is C25H29BrFNO5. The highest BCUT2D eigenvalue weighted by atomic mass is 79.9. The van der Waals surface area contributed by atoms with Crippen molar-refractivity contribution in [3.8, 4) is 0 Å². The summed E-state index contributed by atoms with van der Waals surface area (Å²) in [5.41, 5.74) is 1.59. The largest absolute Gasteiger partial charge is 0.447 e. The first-order valence-corrected chi connectivity index (χ1v) is 11.7. The van der Waals surface area contributed by atoms with Gasteiger partial charge in [0, 0.05) is 36.6 Å². The Bertz CT molecular complexity index is 946. The van der Waals surface area contributed by atoms with Crippen molar-refractivity contribution in [1.82, 2.24) is 4.90 Å². The van der Waals surface area contributed by atoms with Gasteiger partial charge in [0.1, 0.15) is 12.4 Å². The second-order valence-corrected chi connectivity index (χ2v) is 9.16. The standard InChI is InChI=1S/C25H29BrFNO5/c1-17(8-7-11-25(31-2,32-3)19-13-20(26)15-21(27)14-19)23(29)28-22(16-33-24(28)30)12-18-9-5-4-6-10-18/h4-6,9-10,13-15,17,22H,7-8,11-12,16H2,1-3H3/t17-,22?/m1/s1. The van der Waals surface area contributed by atoms with Crippen molar-refractivity contribution in [2.24, 2.45) is 5.92 Å². The van der Waals surface area contributed by atoms with Crippen molar-refractivity contribution in [2.75, 3.05) is 20.8 Å². The van der Waals surface area contributed by atoms with Crippen LogP contribution in [0.5, 0.6) is 0 Å². The molecule has 1 heterocycles. The Kier molecular flexibility index (Phi) is 8.62. The molecule has 1 unspecified atom stereocenters. The quantitative estimate of drug-likeness (QED) is 0.390. The number of imide groups is 1. The predicted molar refractivity (Wildman–Crippen MR) is 125 cm³/mol. The van der Waals surface area contributed by atoms with Crippen LogP contribution in [-0.2, 0) is 31.2 Å². The number of hydrogen-bond donors (Lipinski definition) is 0. The van der Waals surface area contributed by atoms with Crippen LogP contribution in [0.25, 0.3) is 0 Å². The summed E-state index contributed by atoms with van der Waals surface area (Å²) in [7, 11) is 3.01. The number of ether oxygens (including phenoxy) is 3. The molecule has 2 atom stereocenters. The monoisotopic (exact) mass is 521 g/mol. The van der Waals surface area contributed by atoms with Gasteiger partial charge in [-0.1, -0.05) is 53.2 Å². The van der Waals surface area contributed by atoms with Crippen LogP contribution in [0.15, 0.2) is 53.0 Å². The van der Waals surface area contributed by atoms with E-state index in [-0.39, 0.29) is 18.6 Å². The van der Waals surface area contributed by atoms with Crippen LogP contribution in [0.3, 0.4) is 0 Å². The molecule has 1 fully saturated rings. The number of halogens is 2. The van der Waals surface area contributed by atoms with Crippen LogP contribution in [-0.4, -0.2) is 43.8 Å². The lowest BCUT2D eigenvalue weighted by molar-refractivity contribution is -0.221. The highest BCUT2D eigenvalue weighted by Gasteiger charge is 2.40. The van der Waals surface area contributed by atoms with Gasteiger partial charge in [-0.05, 0) is 43.0 Å². The molecule has 1 aliphatic heterocycles. The number of nitrogens with zero attached hydrogens (tertiary/aromatic N) is 1. The number of benzene rings is 2. The minimum atomic E-state index is -1.14. The molecule has 0 bridgehead atoms. The van der Waals surface area contributed by atoms with Crippen molar-refractivity contribution < 1.29 is 28.2 Å². The van der Waals surface area contributed by atoms with Crippen LogP contribution in [0.2, 0.25) is 0 Å². The third-order valence-corrected chi connectivity index (χ3v) is 6.50. The van der Waals surface area contributed by atoms with Crippen molar-refractivity contribution in [3.05, 3.63) is 69.9 Å². The topological polar surface area (TPSA) is 65.1 Å². The van der Waals surface area contributed by atoms with E-state index in [2.05, 4.69) is 15.9 Å². The Morgan fingerprint density at radius 3 is 2.58 bits per heavy atom. The first kappa shape index (κ1) is 25.3. The highest BCUT2D eigenvalue weighted by molar-refractivity contribution is 9.10. The number of rotatable bonds is 10. The Labute approximate surface area is 202 Å². The van der Waals surface area contributed by atoms with Gasteiger partial charge in [0.05, 0.1) is 6.04 Å². The molecule has 1 aliphatic rings. The maximum atomic E-state index is 14.0. The fraction of sp³-hybridized carbons (Fsp3) is 0.440. The lowest BCUT2D eigenvalue weighted by Gasteiger charge is -2.32. The summed E-state index contributed by atoms with van der Waals surface area (Å²) in [5, 5.41) is 0. The van der Waals surface area contributed by atoms with E-state index >= 15 is 0 Å². The molecule has 8 heteroatoms. The molecule has 2 amide bonds. The predicted octanol–water partition coefficient (Wildman–Crippen LogP) is 5.43. The van der Waals surface area contributed by atoms with E-state index in [1.165, 1.54) is 31.3 Å². The van der Waals surface area contributed by atoms with E-state index in [1.54, 1.807) is 13.0 Å². The third-order valence-electron chi connectivity index (χ3n) is 6.04. The fourth-order valence-electron chi connectivity index (χ4n) is 4.21. The molecule has 0 radical (unpaired) electrons. The molecule has 0 spiro atoms. The van der Waals surface area contributed by atoms with E-state index in [1.807, 2.05) is 30.3 Å². The number of carbonyl (C=O) groups excluding carboxylic acids is 2. The van der Waals surface area contributed by atoms with Crippen LogP contribution >= 0.6 is 15.9 Å². The first-order chi connectivity index (χ1) is 15.8. The molecule has 1 saturated heterocycles. The zero-order chi connectivity index (χ0) is 24.0. The molecule has 3 rings (SSSR count). The lowest BCUT2D eigenvalue weighted by atomic mass is 9.95. The van der Waals surface area contributed by atoms with E-state index in [9.17, 15) is 14.0 Å². The van der Waals surface area contributed by atoms with Gasteiger partial charge in [0.2, 0.25) is 5.91 Å². The van der Waals surface area contributed by atoms with Crippen LogP contribution < -0.4 is 0 Å². The molecule has 0 aliphatic carbocycles. The van der Waals surface area contributed by atoms with Gasteiger partial charge in [-0.25, -0.2) is 14.1 Å². The maximum absolute atomic E-state index is 14.0. The third kappa shape index (κ3) is 5.99. The van der Waals surface area contributed by atoms with Crippen molar-refractivity contribution in [2.45, 2.75) is 44.4 Å². The van der Waals surface area contributed by atoms with E-state index in [0.717, 1.165) is 5.56 Å². The van der Waals surface area contributed by atoms with Gasteiger partial charge >= 0.3 is 6.09 Å². The SMILES string of the molecule is COC(CCC[C@@H](C)C(=O)N1C(=O)OCC1Cc1ccccc1)(OC)c1cc(F)cc(Br)c1.